The van der Waals surface area contributed by atoms with Crippen molar-refractivity contribution >= 4 is 39.9 Å². The second-order valence-corrected chi connectivity index (χ2v) is 16.4. The van der Waals surface area contributed by atoms with Crippen LogP contribution in [0.25, 0.3) is 10.8 Å². The molecule has 5 aliphatic carbocycles. The number of ketones is 2. The van der Waals surface area contributed by atoms with Gasteiger partial charge in [0.05, 0.1) is 17.4 Å². The monoisotopic (exact) mass is 738 g/mol. The van der Waals surface area contributed by atoms with Crippen LogP contribution in [0.3, 0.4) is 0 Å². The Labute approximate surface area is 312 Å². The van der Waals surface area contributed by atoms with Gasteiger partial charge in [-0.1, -0.05) is 43.7 Å². The van der Waals surface area contributed by atoms with Gasteiger partial charge in [0, 0.05) is 52.9 Å². The third kappa shape index (κ3) is 5.10. The number of aromatic nitrogens is 1. The Morgan fingerprint density at radius 3 is 2.56 bits per heavy atom. The predicted octanol–water partition coefficient (Wildman–Crippen LogP) is 6.84. The fourth-order valence-corrected chi connectivity index (χ4v) is 11.2. The molecule has 0 saturated heterocycles. The van der Waals surface area contributed by atoms with E-state index in [0.717, 1.165) is 5.56 Å². The highest BCUT2D eigenvalue weighted by molar-refractivity contribution is 6.01. The standard InChI is InChI=1S/C43H44F2N2O7/c1-23-17-33-32-11-10-27-18-28(48)13-15-40(27,2)42(32,45)35(49)20-41(33,3)43(23,53-4)36(50)22-54-39(52)25-7-5-24(6-8-25)30-19-31(30)38(51)47-34-12-9-26-21-46-16-14-29(26)37(34)44/h5-9,12-16,18,21,23,30-33,35,49H,10-11,17,19-20,22H2,1-4H3,(H,47,51)/t23-,30+,31-,32+,33+,35+,40+,41+,42+,43+/m1/s1. The lowest BCUT2D eigenvalue weighted by molar-refractivity contribution is -0.224. The molecule has 5 aliphatic rings. The topological polar surface area (TPSA) is 132 Å². The van der Waals surface area contributed by atoms with Gasteiger partial charge >= 0.3 is 5.97 Å². The third-order valence-electron chi connectivity index (χ3n) is 14.0. The summed E-state index contributed by atoms with van der Waals surface area (Å²) < 4.78 is 44.3. The molecular weight excluding hydrogens is 694 g/mol. The van der Waals surface area contributed by atoms with Crippen molar-refractivity contribution in [2.45, 2.75) is 76.2 Å². The van der Waals surface area contributed by atoms with Gasteiger partial charge in [0.25, 0.3) is 0 Å². The van der Waals surface area contributed by atoms with Gasteiger partial charge in [0.15, 0.2) is 23.9 Å². The first kappa shape index (κ1) is 36.4. The summed E-state index contributed by atoms with van der Waals surface area (Å²) in [6.07, 6.45) is 8.07. The highest BCUT2D eigenvalue weighted by Crippen LogP contribution is 2.71. The van der Waals surface area contributed by atoms with E-state index in [-0.39, 0.29) is 53.0 Å². The minimum Gasteiger partial charge on any atom is -0.454 e. The lowest BCUT2D eigenvalue weighted by atomic mass is 9.44. The fourth-order valence-electron chi connectivity index (χ4n) is 11.2. The second-order valence-electron chi connectivity index (χ2n) is 16.4. The van der Waals surface area contributed by atoms with Crippen LogP contribution < -0.4 is 5.32 Å². The molecule has 1 amide bonds. The first-order valence-corrected chi connectivity index (χ1v) is 18.7. The molecule has 4 saturated carbocycles. The quantitative estimate of drug-likeness (QED) is 0.240. The van der Waals surface area contributed by atoms with Gasteiger partial charge in [0.1, 0.15) is 5.60 Å². The number of methoxy groups -OCH3 is 1. The van der Waals surface area contributed by atoms with E-state index < -0.39 is 58.3 Å². The zero-order chi connectivity index (χ0) is 38.4. The minimum absolute atomic E-state index is 0.0379. The van der Waals surface area contributed by atoms with Crippen LogP contribution in [0.1, 0.15) is 74.7 Å². The molecule has 2 aromatic carbocycles. The molecule has 10 atom stereocenters. The third-order valence-corrected chi connectivity index (χ3v) is 14.0. The number of carbonyl (C=O) groups is 4. The molecule has 4 fully saturated rings. The molecule has 3 aromatic rings. The number of fused-ring (bicyclic) bond motifs is 6. The SMILES string of the molecule is CO[C@]1(C(=O)COC(=O)c2ccc([C@@H]3C[C@H]3C(=O)Nc3ccc4cnccc4c3F)cc2)[C@H](C)C[C@H]2[C@@H]3CCC4=CC(=O)C=C[C@]4(C)[C@@]3(F)[C@@H](O)C[C@@]21C. The maximum atomic E-state index is 17.6. The van der Waals surface area contributed by atoms with Crippen molar-refractivity contribution in [1.82, 2.24) is 4.98 Å². The number of allylic oxidation sites excluding steroid dienone is 4. The number of nitrogens with one attached hydrogen (secondary N) is 1. The number of ether oxygens (including phenoxy) is 2. The molecule has 1 aromatic heterocycles. The molecule has 8 rings (SSSR count). The number of Topliss-reactive ketones (excluding diaryl/α,β-unsaturated/α-hetero) is 1. The molecule has 0 unspecified atom stereocenters. The number of pyridine rings is 1. The number of alkyl halides is 1. The maximum Gasteiger partial charge on any atom is 0.338 e. The van der Waals surface area contributed by atoms with Crippen molar-refractivity contribution in [1.29, 1.82) is 0 Å². The Kier molecular flexibility index (Phi) is 8.57. The molecule has 0 aliphatic heterocycles. The van der Waals surface area contributed by atoms with Crippen molar-refractivity contribution in [3.63, 3.8) is 0 Å². The summed E-state index contributed by atoms with van der Waals surface area (Å²) in [7, 11) is 1.45. The van der Waals surface area contributed by atoms with E-state index in [2.05, 4.69) is 10.3 Å². The summed E-state index contributed by atoms with van der Waals surface area (Å²) in [5, 5.41) is 15.4. The molecule has 11 heteroatoms. The van der Waals surface area contributed by atoms with Gasteiger partial charge in [-0.3, -0.25) is 19.4 Å². The zero-order valence-electron chi connectivity index (χ0n) is 30.7. The summed E-state index contributed by atoms with van der Waals surface area (Å²) in [6, 6.07) is 11.5. The van der Waals surface area contributed by atoms with E-state index in [9.17, 15) is 24.3 Å². The predicted molar refractivity (Wildman–Crippen MR) is 196 cm³/mol. The van der Waals surface area contributed by atoms with E-state index in [1.54, 1.807) is 55.6 Å². The number of rotatable bonds is 8. The van der Waals surface area contributed by atoms with Gasteiger partial charge in [-0.15, -0.1) is 0 Å². The van der Waals surface area contributed by atoms with Gasteiger partial charge in [-0.05, 0) is 98.8 Å². The first-order chi connectivity index (χ1) is 25.7. The van der Waals surface area contributed by atoms with Crippen LogP contribution >= 0.6 is 0 Å². The Balaban J connectivity index is 0.927. The smallest absolute Gasteiger partial charge is 0.338 e. The van der Waals surface area contributed by atoms with E-state index in [1.165, 1.54) is 31.5 Å². The number of aliphatic hydroxyl groups excluding tert-OH is 1. The lowest BCUT2D eigenvalue weighted by Gasteiger charge is -2.63. The molecule has 0 bridgehead atoms. The van der Waals surface area contributed by atoms with Crippen LogP contribution in [0.2, 0.25) is 0 Å². The lowest BCUT2D eigenvalue weighted by Crippen LogP contribution is -2.69. The Hall–Kier alpha value is -4.61. The van der Waals surface area contributed by atoms with Crippen LogP contribution in [0.15, 0.2) is 78.7 Å². The zero-order valence-corrected chi connectivity index (χ0v) is 30.7. The highest BCUT2D eigenvalue weighted by Gasteiger charge is 2.76. The summed E-state index contributed by atoms with van der Waals surface area (Å²) in [5.41, 5.74) is -3.72. The number of halogens is 2. The Morgan fingerprint density at radius 2 is 1.81 bits per heavy atom. The number of amides is 1. The largest absolute Gasteiger partial charge is 0.454 e. The Bertz CT molecular complexity index is 2150. The van der Waals surface area contributed by atoms with Crippen molar-refractivity contribution in [3.8, 4) is 0 Å². The van der Waals surface area contributed by atoms with Gasteiger partial charge in [0.2, 0.25) is 11.7 Å². The van der Waals surface area contributed by atoms with E-state index >= 15 is 8.78 Å². The van der Waals surface area contributed by atoms with Gasteiger partial charge < -0.3 is 19.9 Å². The summed E-state index contributed by atoms with van der Waals surface area (Å²) in [4.78, 5) is 56.7. The molecule has 54 heavy (non-hydrogen) atoms. The Morgan fingerprint density at radius 1 is 1.06 bits per heavy atom. The number of carbonyl (C=O) groups excluding carboxylic acids is 4. The van der Waals surface area contributed by atoms with Crippen molar-refractivity contribution < 1.29 is 42.5 Å². The van der Waals surface area contributed by atoms with E-state index in [0.29, 0.717) is 42.0 Å². The van der Waals surface area contributed by atoms with E-state index in [1.807, 2.05) is 13.8 Å². The average molecular weight is 739 g/mol. The van der Waals surface area contributed by atoms with Crippen LogP contribution in [-0.2, 0) is 23.9 Å². The van der Waals surface area contributed by atoms with Gasteiger partial charge in [-0.25, -0.2) is 13.6 Å². The normalized spacial score (nSPS) is 36.4. The van der Waals surface area contributed by atoms with Crippen molar-refractivity contribution in [2.24, 2.45) is 34.5 Å². The highest BCUT2D eigenvalue weighted by atomic mass is 19.1. The van der Waals surface area contributed by atoms with Crippen LogP contribution in [0, 0.1) is 40.3 Å². The number of esters is 1. The number of hydrogen-bond donors (Lipinski definition) is 2. The van der Waals surface area contributed by atoms with E-state index in [4.69, 9.17) is 9.47 Å². The van der Waals surface area contributed by atoms with Gasteiger partial charge in [-0.2, -0.15) is 0 Å². The summed E-state index contributed by atoms with van der Waals surface area (Å²) in [5.74, 6) is -3.83. The maximum absolute atomic E-state index is 17.6. The van der Waals surface area contributed by atoms with Crippen molar-refractivity contribution in [2.75, 3.05) is 19.0 Å². The molecule has 282 valence electrons. The summed E-state index contributed by atoms with van der Waals surface area (Å²) in [6.45, 7) is 4.98. The molecular formula is C43H44F2N2O7. The molecule has 0 radical (unpaired) electrons. The second kappa shape index (κ2) is 12.7. The number of anilines is 1. The number of nitrogens with zero attached hydrogens (tertiary/aromatic N) is 1. The van der Waals surface area contributed by atoms with Crippen molar-refractivity contribution in [3.05, 3.63) is 95.6 Å². The average Bonchev–Trinajstić information content (AvgIpc) is 3.93. The number of hydrogen-bond acceptors (Lipinski definition) is 8. The number of benzene rings is 2. The van der Waals surface area contributed by atoms with Crippen LogP contribution in [0.5, 0.6) is 0 Å². The molecule has 1 heterocycles. The number of aliphatic hydroxyl groups is 1. The molecule has 2 N–H and O–H groups in total. The summed E-state index contributed by atoms with van der Waals surface area (Å²) >= 11 is 0. The minimum atomic E-state index is -2.04. The van der Waals surface area contributed by atoms with Crippen LogP contribution in [-0.4, -0.2) is 64.6 Å². The fraction of sp³-hybridized carbons (Fsp3) is 0.465. The van der Waals surface area contributed by atoms with Crippen LogP contribution in [0.4, 0.5) is 14.5 Å². The first-order valence-electron chi connectivity index (χ1n) is 18.7. The molecule has 9 nitrogen and oxygen atoms in total. The molecule has 0 spiro atoms.